The highest BCUT2D eigenvalue weighted by Gasteiger charge is 2.34. The molecule has 31 heavy (non-hydrogen) atoms. The Kier molecular flexibility index (Phi) is 9.03. The van der Waals surface area contributed by atoms with Crippen LogP contribution in [-0.4, -0.2) is 23.5 Å². The Bertz CT molecular complexity index is 902. The van der Waals surface area contributed by atoms with Gasteiger partial charge in [-0.2, -0.15) is 5.09 Å². The molecule has 0 spiro atoms. The normalized spacial score (nSPS) is 13.8. The van der Waals surface area contributed by atoms with Gasteiger partial charge in [0.15, 0.2) is 0 Å². The van der Waals surface area contributed by atoms with Crippen molar-refractivity contribution in [1.82, 2.24) is 5.09 Å². The average Bonchev–Trinajstić information content (AvgIpc) is 2.75. The van der Waals surface area contributed by atoms with E-state index in [4.69, 9.17) is 13.8 Å². The minimum atomic E-state index is -4.09. The zero-order valence-electron chi connectivity index (χ0n) is 17.7. The number of carbonyl (C=O) groups excluding carboxylic acids is 1. The Morgan fingerprint density at radius 2 is 1.58 bits per heavy atom. The summed E-state index contributed by atoms with van der Waals surface area (Å²) >= 11 is 0. The molecule has 0 aliphatic carbocycles. The number of benzene rings is 2. The van der Waals surface area contributed by atoms with Gasteiger partial charge in [0.25, 0.3) is 5.69 Å². The van der Waals surface area contributed by atoms with E-state index in [0.29, 0.717) is 0 Å². The van der Waals surface area contributed by atoms with Crippen LogP contribution in [0.5, 0.6) is 11.5 Å². The largest absolute Gasteiger partial charge is 0.513 e. The Morgan fingerprint density at radius 3 is 2.10 bits per heavy atom. The van der Waals surface area contributed by atoms with Gasteiger partial charge in [0.1, 0.15) is 17.5 Å². The molecule has 2 rings (SSSR count). The van der Waals surface area contributed by atoms with Crippen LogP contribution in [0.1, 0.15) is 33.6 Å². The third-order valence-corrected chi connectivity index (χ3v) is 6.17. The van der Waals surface area contributed by atoms with Crippen molar-refractivity contribution < 1.29 is 28.1 Å². The van der Waals surface area contributed by atoms with E-state index in [1.807, 2.05) is 13.8 Å². The first-order valence-electron chi connectivity index (χ1n) is 9.99. The van der Waals surface area contributed by atoms with Gasteiger partial charge in [0, 0.05) is 12.1 Å². The van der Waals surface area contributed by atoms with Gasteiger partial charge < -0.3 is 13.8 Å². The van der Waals surface area contributed by atoms with Crippen molar-refractivity contribution in [2.24, 2.45) is 5.92 Å². The molecule has 10 heteroatoms. The lowest BCUT2D eigenvalue weighted by molar-refractivity contribution is -0.384. The molecule has 0 saturated heterocycles. The minimum Gasteiger partial charge on any atom is -0.464 e. The first kappa shape index (κ1) is 24.4. The molecule has 0 amide bonds. The molecule has 0 aliphatic rings. The predicted molar refractivity (Wildman–Crippen MR) is 116 cm³/mol. The maximum Gasteiger partial charge on any atom is 0.513 e. The van der Waals surface area contributed by atoms with Gasteiger partial charge in [-0.15, -0.1) is 0 Å². The number of non-ortho nitro benzene ring substituents is 1. The molecule has 2 atom stereocenters. The SMILES string of the molecule is CCC(CC)COC(=O)C(C)N[P@](=O)(Oc1ccccc1)Oc1ccc([N+](=O)[O-])cc1. The van der Waals surface area contributed by atoms with Gasteiger partial charge in [-0.1, -0.05) is 44.9 Å². The highest BCUT2D eigenvalue weighted by atomic mass is 31.2. The van der Waals surface area contributed by atoms with Crippen molar-refractivity contribution in [2.45, 2.75) is 39.7 Å². The summed E-state index contributed by atoms with van der Waals surface area (Å²) in [4.78, 5) is 22.7. The summed E-state index contributed by atoms with van der Waals surface area (Å²) in [5.74, 6) is 0.00349. The molecular formula is C21H27N2O7P. The van der Waals surface area contributed by atoms with Crippen LogP contribution < -0.4 is 14.1 Å². The van der Waals surface area contributed by atoms with Crippen LogP contribution >= 0.6 is 7.75 Å². The van der Waals surface area contributed by atoms with E-state index in [-0.39, 0.29) is 29.7 Å². The lowest BCUT2D eigenvalue weighted by Crippen LogP contribution is -2.36. The molecule has 0 radical (unpaired) electrons. The second-order valence-electron chi connectivity index (χ2n) is 6.91. The van der Waals surface area contributed by atoms with Gasteiger partial charge in [0.05, 0.1) is 11.5 Å². The maximum absolute atomic E-state index is 13.4. The smallest absolute Gasteiger partial charge is 0.464 e. The summed E-state index contributed by atoms with van der Waals surface area (Å²) in [6.45, 7) is 5.80. The van der Waals surface area contributed by atoms with Gasteiger partial charge >= 0.3 is 13.7 Å². The molecule has 0 aliphatic heterocycles. The topological polar surface area (TPSA) is 117 Å². The van der Waals surface area contributed by atoms with Crippen LogP contribution in [0.15, 0.2) is 54.6 Å². The molecule has 2 aromatic rings. The number of nitrogens with zero attached hydrogens (tertiary/aromatic N) is 1. The first-order chi connectivity index (χ1) is 14.8. The number of hydrogen-bond acceptors (Lipinski definition) is 7. The third-order valence-electron chi connectivity index (χ3n) is 4.56. The molecule has 0 aromatic heterocycles. The molecule has 168 valence electrons. The fourth-order valence-corrected chi connectivity index (χ4v) is 4.12. The number of nitrogens with one attached hydrogen (secondary N) is 1. The fourth-order valence-electron chi connectivity index (χ4n) is 2.60. The van der Waals surface area contributed by atoms with E-state index >= 15 is 0 Å². The summed E-state index contributed by atoms with van der Waals surface area (Å²) in [6, 6.07) is 12.4. The second kappa shape index (κ2) is 11.5. The van der Waals surface area contributed by atoms with Crippen molar-refractivity contribution >= 4 is 19.4 Å². The summed E-state index contributed by atoms with van der Waals surface area (Å²) in [5, 5.41) is 13.4. The number of nitro groups is 1. The Balaban J connectivity index is 2.16. The fraction of sp³-hybridized carbons (Fsp3) is 0.381. The molecule has 9 nitrogen and oxygen atoms in total. The first-order valence-corrected chi connectivity index (χ1v) is 11.5. The molecule has 1 N–H and O–H groups in total. The lowest BCUT2D eigenvalue weighted by Gasteiger charge is -2.23. The molecule has 0 heterocycles. The lowest BCUT2D eigenvalue weighted by atomic mass is 10.1. The zero-order chi connectivity index (χ0) is 22.9. The standard InChI is InChI=1S/C21H27N2O7P/c1-4-17(5-2)15-28-21(24)16(3)22-31(27,29-19-9-7-6-8-10-19)30-20-13-11-18(12-14-20)23(25)26/h6-14,16-17H,4-5,15H2,1-3H3,(H,22,27)/t16?,31-/m0/s1. The van der Waals surface area contributed by atoms with Crippen molar-refractivity contribution in [3.05, 3.63) is 64.7 Å². The van der Waals surface area contributed by atoms with E-state index in [1.54, 1.807) is 30.3 Å². The van der Waals surface area contributed by atoms with Crippen molar-refractivity contribution in [3.63, 3.8) is 0 Å². The number of ether oxygens (including phenoxy) is 1. The van der Waals surface area contributed by atoms with Gasteiger partial charge in [0.2, 0.25) is 0 Å². The van der Waals surface area contributed by atoms with Crippen LogP contribution in [-0.2, 0) is 14.1 Å². The summed E-state index contributed by atoms with van der Waals surface area (Å²) in [6.07, 6.45) is 1.76. The Morgan fingerprint density at radius 1 is 1.03 bits per heavy atom. The summed E-state index contributed by atoms with van der Waals surface area (Å²) in [7, 11) is -4.09. The van der Waals surface area contributed by atoms with Gasteiger partial charge in [-0.25, -0.2) is 4.57 Å². The third kappa shape index (κ3) is 7.70. The number of hydrogen-bond donors (Lipinski definition) is 1. The van der Waals surface area contributed by atoms with Crippen LogP contribution in [0, 0.1) is 16.0 Å². The number of nitro benzene ring substituents is 1. The van der Waals surface area contributed by atoms with E-state index in [2.05, 4.69) is 5.09 Å². The molecule has 1 unspecified atom stereocenters. The van der Waals surface area contributed by atoms with Crippen LogP contribution in [0.3, 0.4) is 0 Å². The molecule has 0 fully saturated rings. The van der Waals surface area contributed by atoms with Crippen LogP contribution in [0.25, 0.3) is 0 Å². The summed E-state index contributed by atoms with van der Waals surface area (Å²) in [5.41, 5.74) is -0.141. The van der Waals surface area contributed by atoms with Gasteiger partial charge in [-0.3, -0.25) is 14.9 Å². The highest BCUT2D eigenvalue weighted by molar-refractivity contribution is 7.52. The monoisotopic (exact) mass is 450 g/mol. The molecular weight excluding hydrogens is 423 g/mol. The highest BCUT2D eigenvalue weighted by Crippen LogP contribution is 2.45. The minimum absolute atomic E-state index is 0.0787. The van der Waals surface area contributed by atoms with Crippen molar-refractivity contribution in [2.75, 3.05) is 6.61 Å². The van der Waals surface area contributed by atoms with Crippen LogP contribution in [0.4, 0.5) is 5.69 Å². The second-order valence-corrected chi connectivity index (χ2v) is 8.53. The van der Waals surface area contributed by atoms with E-state index in [1.165, 1.54) is 31.2 Å². The van der Waals surface area contributed by atoms with Crippen molar-refractivity contribution in [3.8, 4) is 11.5 Å². The predicted octanol–water partition coefficient (Wildman–Crippen LogP) is 5.12. The number of rotatable bonds is 12. The van der Waals surface area contributed by atoms with E-state index in [0.717, 1.165) is 12.8 Å². The summed E-state index contributed by atoms with van der Waals surface area (Å²) < 4.78 is 29.8. The maximum atomic E-state index is 13.4. The van der Waals surface area contributed by atoms with E-state index in [9.17, 15) is 19.5 Å². The average molecular weight is 450 g/mol. The number of para-hydroxylation sites is 1. The van der Waals surface area contributed by atoms with E-state index < -0.39 is 24.7 Å². The molecule has 2 aromatic carbocycles. The Hall–Kier alpha value is -2.90. The van der Waals surface area contributed by atoms with Crippen molar-refractivity contribution in [1.29, 1.82) is 0 Å². The van der Waals surface area contributed by atoms with Crippen LogP contribution in [0.2, 0.25) is 0 Å². The molecule has 0 saturated carbocycles. The molecule has 0 bridgehead atoms. The zero-order valence-corrected chi connectivity index (χ0v) is 18.6. The number of carbonyl (C=O) groups is 1. The quantitative estimate of drug-likeness (QED) is 0.205. The number of esters is 1. The van der Waals surface area contributed by atoms with Gasteiger partial charge in [-0.05, 0) is 37.1 Å². The Labute approximate surface area is 181 Å².